The van der Waals surface area contributed by atoms with Crippen LogP contribution < -0.4 is 0 Å². The molecule has 4 aromatic rings. The average molecular weight is 785 g/mol. The summed E-state index contributed by atoms with van der Waals surface area (Å²) in [5, 5.41) is 0. The third-order valence-corrected chi connectivity index (χ3v) is 14.5. The summed E-state index contributed by atoms with van der Waals surface area (Å²) in [6.45, 7) is 20.5. The molecule has 0 fully saturated rings. The highest BCUT2D eigenvalue weighted by molar-refractivity contribution is 5.90. The van der Waals surface area contributed by atoms with Crippen LogP contribution in [0.15, 0.2) is 162 Å². The summed E-state index contributed by atoms with van der Waals surface area (Å²) >= 11 is 0. The van der Waals surface area contributed by atoms with Crippen molar-refractivity contribution in [3.63, 3.8) is 0 Å². The zero-order chi connectivity index (χ0) is 41.7. The monoisotopic (exact) mass is 784 g/mol. The summed E-state index contributed by atoms with van der Waals surface area (Å²) in [6.07, 6.45) is 24.4. The molecule has 0 N–H and O–H groups in total. The predicted molar refractivity (Wildman–Crippen MR) is 250 cm³/mol. The molecule has 2 nitrogen and oxygen atoms in total. The van der Waals surface area contributed by atoms with Crippen molar-refractivity contribution in [2.75, 3.05) is 6.61 Å². The highest BCUT2D eigenvalue weighted by Gasteiger charge is 2.42. The molecule has 0 radical (unpaired) electrons. The molecule has 2 heteroatoms. The van der Waals surface area contributed by atoms with Gasteiger partial charge < -0.3 is 4.74 Å². The Kier molecular flexibility index (Phi) is 8.92. The Morgan fingerprint density at radius 3 is 1.83 bits per heavy atom. The number of benzene rings is 4. The molecule has 2 atom stereocenters. The second-order valence-corrected chi connectivity index (χ2v) is 19.9. The van der Waals surface area contributed by atoms with E-state index in [1.165, 1.54) is 106 Å². The van der Waals surface area contributed by atoms with Gasteiger partial charge in [-0.05, 0) is 149 Å². The van der Waals surface area contributed by atoms with Gasteiger partial charge in [-0.15, -0.1) is 0 Å². The SMILES string of the molecule is C=CC(=O)OCCCCCc1ccc2c(c1)C(C)(C)c1cc(-c3ccc4c(c3)C(C)(C)c3cc(C5=C6C=CC7=CC(C(C)(C)C)=CC8=CC=C(C=C5)C6C87)ccc3-4)ccc1-2. The van der Waals surface area contributed by atoms with E-state index in [1.807, 2.05) is 0 Å². The maximum atomic E-state index is 11.3. The largest absolute Gasteiger partial charge is 0.463 e. The average Bonchev–Trinajstić information content (AvgIpc) is 3.61. The minimum atomic E-state index is -0.342. The number of esters is 1. The topological polar surface area (TPSA) is 26.3 Å². The summed E-state index contributed by atoms with van der Waals surface area (Å²) in [4.78, 5) is 11.3. The predicted octanol–water partition coefficient (Wildman–Crippen LogP) is 14.3. The van der Waals surface area contributed by atoms with Crippen molar-refractivity contribution in [1.29, 1.82) is 0 Å². The van der Waals surface area contributed by atoms with Gasteiger partial charge in [0, 0.05) is 28.7 Å². The second-order valence-electron chi connectivity index (χ2n) is 19.9. The molecule has 0 heterocycles. The molecular weight excluding hydrogens is 729 g/mol. The van der Waals surface area contributed by atoms with Crippen LogP contribution in [0.5, 0.6) is 0 Å². The van der Waals surface area contributed by atoms with Crippen LogP contribution in [-0.4, -0.2) is 12.6 Å². The number of unbranched alkanes of at least 4 members (excludes halogenated alkanes) is 2. The van der Waals surface area contributed by atoms with Gasteiger partial charge in [0.05, 0.1) is 6.61 Å². The van der Waals surface area contributed by atoms with E-state index in [-0.39, 0.29) is 22.2 Å². The standard InChI is InChI=1S/C58H56O2/c1-9-53(59)60-28-12-10-11-13-35-14-22-44-45-24-18-37(32-50(45)57(5,6)49(44)29-35)38-19-25-46-47-26-20-39(34-52(47)58(7,8)51(46)33-38)43-23-17-36-15-16-40-30-42(56(2,3)4)31-41-21-27-48(43)55(36)54(40)41/h9,14-27,29-34,54-55H,1,10-13,28H2,2-8H3. The van der Waals surface area contributed by atoms with Crippen molar-refractivity contribution in [2.45, 2.75) is 85.0 Å². The minimum Gasteiger partial charge on any atom is -0.463 e. The molecule has 2 unspecified atom stereocenters. The first-order valence-corrected chi connectivity index (χ1v) is 22.1. The van der Waals surface area contributed by atoms with E-state index < -0.39 is 0 Å². The molecular formula is C58H56O2. The van der Waals surface area contributed by atoms with Gasteiger partial charge in [-0.2, -0.15) is 0 Å². The number of hydrogen-bond donors (Lipinski definition) is 0. The maximum Gasteiger partial charge on any atom is 0.330 e. The van der Waals surface area contributed by atoms with E-state index in [0.29, 0.717) is 18.4 Å². The Bertz CT molecular complexity index is 2770. The van der Waals surface area contributed by atoms with Gasteiger partial charge in [0.25, 0.3) is 0 Å². The Hall–Kier alpha value is -5.73. The van der Waals surface area contributed by atoms with Crippen LogP contribution in [0.4, 0.5) is 0 Å². The number of hydrogen-bond acceptors (Lipinski definition) is 2. The fraction of sp³-hybridized carbons (Fsp3) is 0.293. The maximum absolute atomic E-state index is 11.3. The first-order valence-electron chi connectivity index (χ1n) is 22.1. The highest BCUT2D eigenvalue weighted by atomic mass is 16.5. The Balaban J connectivity index is 0.915. The fourth-order valence-electron chi connectivity index (χ4n) is 11.0. The number of fused-ring (bicyclic) bond motifs is 6. The molecule has 10 rings (SSSR count). The van der Waals surface area contributed by atoms with Gasteiger partial charge in [0.15, 0.2) is 0 Å². The number of carbonyl (C=O) groups excluding carboxylic acids is 1. The van der Waals surface area contributed by atoms with Crippen LogP contribution in [0, 0.1) is 17.3 Å². The first-order chi connectivity index (χ1) is 28.7. The number of carbonyl (C=O) groups is 1. The second kappa shape index (κ2) is 13.9. The van der Waals surface area contributed by atoms with Crippen LogP contribution in [-0.2, 0) is 26.8 Å². The molecule has 60 heavy (non-hydrogen) atoms. The smallest absolute Gasteiger partial charge is 0.330 e. The van der Waals surface area contributed by atoms with E-state index in [0.717, 1.165) is 25.7 Å². The lowest BCUT2D eigenvalue weighted by Crippen LogP contribution is -2.30. The lowest BCUT2D eigenvalue weighted by molar-refractivity contribution is -0.137. The van der Waals surface area contributed by atoms with Crippen molar-refractivity contribution < 1.29 is 9.53 Å². The lowest BCUT2D eigenvalue weighted by atomic mass is 9.61. The van der Waals surface area contributed by atoms with E-state index in [9.17, 15) is 4.79 Å². The summed E-state index contributed by atoms with van der Waals surface area (Å²) < 4.78 is 5.16. The van der Waals surface area contributed by atoms with Gasteiger partial charge in [-0.1, -0.05) is 158 Å². The molecule has 0 aromatic heterocycles. The van der Waals surface area contributed by atoms with E-state index in [2.05, 4.69) is 176 Å². The third-order valence-electron chi connectivity index (χ3n) is 14.5. The molecule has 6 aliphatic carbocycles. The Morgan fingerprint density at radius 1 is 0.633 bits per heavy atom. The molecule has 0 saturated heterocycles. The summed E-state index contributed by atoms with van der Waals surface area (Å²) in [5.41, 5.74) is 24.7. The fourth-order valence-corrected chi connectivity index (χ4v) is 11.0. The molecule has 0 spiro atoms. The van der Waals surface area contributed by atoms with Crippen LogP contribution in [0.25, 0.3) is 39.0 Å². The Morgan fingerprint density at radius 2 is 1.20 bits per heavy atom. The number of allylic oxidation sites excluding steroid dienone is 14. The molecule has 0 saturated carbocycles. The molecule has 4 aromatic carbocycles. The van der Waals surface area contributed by atoms with Crippen LogP contribution >= 0.6 is 0 Å². The molecule has 0 aliphatic heterocycles. The van der Waals surface area contributed by atoms with Gasteiger partial charge in [-0.3, -0.25) is 0 Å². The zero-order valence-corrected chi connectivity index (χ0v) is 36.3. The summed E-state index contributed by atoms with van der Waals surface area (Å²) in [6, 6.07) is 28.6. The van der Waals surface area contributed by atoms with E-state index >= 15 is 0 Å². The molecule has 0 bridgehead atoms. The van der Waals surface area contributed by atoms with Gasteiger partial charge in [0.1, 0.15) is 0 Å². The van der Waals surface area contributed by atoms with E-state index in [4.69, 9.17) is 4.74 Å². The highest BCUT2D eigenvalue weighted by Crippen LogP contribution is 2.55. The summed E-state index contributed by atoms with van der Waals surface area (Å²) in [7, 11) is 0. The summed E-state index contributed by atoms with van der Waals surface area (Å²) in [5.74, 6) is 0.391. The van der Waals surface area contributed by atoms with Crippen molar-refractivity contribution in [3.8, 4) is 33.4 Å². The van der Waals surface area contributed by atoms with Gasteiger partial charge >= 0.3 is 5.97 Å². The minimum absolute atomic E-state index is 0.0953. The number of rotatable bonds is 9. The van der Waals surface area contributed by atoms with Crippen LogP contribution in [0.2, 0.25) is 0 Å². The molecule has 0 amide bonds. The third kappa shape index (κ3) is 6.08. The van der Waals surface area contributed by atoms with E-state index in [1.54, 1.807) is 0 Å². The molecule has 300 valence electrons. The lowest BCUT2D eigenvalue weighted by Gasteiger charge is -2.42. The molecule has 6 aliphatic rings. The van der Waals surface area contributed by atoms with Gasteiger partial charge in [-0.25, -0.2) is 4.79 Å². The van der Waals surface area contributed by atoms with Crippen molar-refractivity contribution in [3.05, 3.63) is 195 Å². The number of ether oxygens (including phenoxy) is 1. The quantitative estimate of drug-likeness (QED) is 0.0960. The van der Waals surface area contributed by atoms with Gasteiger partial charge in [0.2, 0.25) is 0 Å². The number of aryl methyl sites for hydroxylation is 1. The normalized spacial score (nSPS) is 20.5. The van der Waals surface area contributed by atoms with Crippen LogP contribution in [0.1, 0.15) is 101 Å². The van der Waals surface area contributed by atoms with Crippen molar-refractivity contribution in [1.82, 2.24) is 0 Å². The first kappa shape index (κ1) is 38.5. The van der Waals surface area contributed by atoms with Crippen LogP contribution in [0.3, 0.4) is 0 Å². The van der Waals surface area contributed by atoms with Crippen molar-refractivity contribution >= 4 is 11.5 Å². The van der Waals surface area contributed by atoms with Crippen molar-refractivity contribution in [2.24, 2.45) is 17.3 Å². The Labute approximate surface area is 357 Å². The zero-order valence-electron chi connectivity index (χ0n) is 36.3.